The second kappa shape index (κ2) is 13.6. The second-order valence-corrected chi connectivity index (χ2v) is 10.9. The molecule has 42 heavy (non-hydrogen) atoms. The molecule has 10 nitrogen and oxygen atoms in total. The Balaban J connectivity index is 1.48. The number of nitrogens with one attached hydrogen (secondary N) is 2. The Morgan fingerprint density at radius 1 is 1.19 bits per heavy atom. The number of aromatic nitrogens is 3. The molecular formula is C30H34ClFN7O3+. The number of quaternary nitrogens is 1. The Labute approximate surface area is 249 Å². The Morgan fingerprint density at radius 2 is 2.00 bits per heavy atom. The van der Waals surface area contributed by atoms with Gasteiger partial charge in [-0.25, -0.2) is 14.4 Å². The molecular weight excluding hydrogens is 561 g/mol. The average molecular weight is 595 g/mol. The maximum Gasteiger partial charge on any atom is 0.251 e. The topological polar surface area (TPSA) is 114 Å². The van der Waals surface area contributed by atoms with Gasteiger partial charge in [-0.15, -0.1) is 0 Å². The third kappa shape index (κ3) is 7.33. The zero-order valence-electron chi connectivity index (χ0n) is 24.1. The molecule has 2 aromatic carbocycles. The highest BCUT2D eigenvalue weighted by Gasteiger charge is 2.19. The summed E-state index contributed by atoms with van der Waals surface area (Å²) in [5, 5.41) is 14.8. The first-order valence-corrected chi connectivity index (χ1v) is 13.9. The van der Waals surface area contributed by atoms with Gasteiger partial charge in [-0.05, 0) is 42.3 Å². The van der Waals surface area contributed by atoms with Gasteiger partial charge in [0.05, 0.1) is 51.3 Å². The highest BCUT2D eigenvalue weighted by atomic mass is 35.5. The van der Waals surface area contributed by atoms with Crippen LogP contribution in [0.15, 0.2) is 48.9 Å². The minimum Gasteiger partial charge on any atom is -0.476 e. The quantitative estimate of drug-likeness (QED) is 0.168. The molecule has 0 fully saturated rings. The van der Waals surface area contributed by atoms with Crippen LogP contribution in [0.5, 0.6) is 5.75 Å². The van der Waals surface area contributed by atoms with Crippen LogP contribution in [0.1, 0.15) is 22.8 Å². The van der Waals surface area contributed by atoms with Crippen LogP contribution < -0.4 is 15.4 Å². The van der Waals surface area contributed by atoms with Crippen molar-refractivity contribution >= 4 is 34.7 Å². The fourth-order valence-corrected chi connectivity index (χ4v) is 4.51. The molecule has 0 bridgehead atoms. The van der Waals surface area contributed by atoms with Crippen LogP contribution in [0.4, 0.5) is 15.9 Å². The summed E-state index contributed by atoms with van der Waals surface area (Å²) in [5.41, 5.74) is 3.67. The summed E-state index contributed by atoms with van der Waals surface area (Å²) < 4.78 is 28.1. The van der Waals surface area contributed by atoms with Crippen LogP contribution in [0, 0.1) is 17.1 Å². The smallest absolute Gasteiger partial charge is 0.251 e. The van der Waals surface area contributed by atoms with Crippen molar-refractivity contribution in [3.05, 3.63) is 70.9 Å². The lowest BCUT2D eigenvalue weighted by Gasteiger charge is -2.23. The van der Waals surface area contributed by atoms with Crippen LogP contribution in [-0.4, -0.2) is 78.8 Å². The van der Waals surface area contributed by atoms with E-state index in [0.717, 1.165) is 22.3 Å². The fraction of sp³-hybridized carbons (Fsp3) is 0.333. The van der Waals surface area contributed by atoms with Gasteiger partial charge in [0, 0.05) is 35.8 Å². The van der Waals surface area contributed by atoms with Crippen LogP contribution >= 0.6 is 11.6 Å². The van der Waals surface area contributed by atoms with Crippen molar-refractivity contribution < 1.29 is 23.1 Å². The number of nitrogens with zero attached hydrogens (tertiary/aromatic N) is 5. The number of carbonyl (C=O) groups excluding carboxylic acids is 1. The van der Waals surface area contributed by atoms with E-state index in [1.165, 1.54) is 6.07 Å². The number of amides is 1. The minimum atomic E-state index is -0.754. The second-order valence-electron chi connectivity index (χ2n) is 10.5. The molecule has 0 unspecified atom stereocenters. The van der Waals surface area contributed by atoms with E-state index in [1.54, 1.807) is 41.2 Å². The molecule has 0 saturated carbocycles. The van der Waals surface area contributed by atoms with Gasteiger partial charge in [0.2, 0.25) is 0 Å². The largest absolute Gasteiger partial charge is 0.476 e. The Bertz CT molecular complexity index is 1610. The van der Waals surface area contributed by atoms with E-state index in [1.807, 2.05) is 19.1 Å². The highest BCUT2D eigenvalue weighted by Crippen LogP contribution is 2.36. The lowest BCUT2D eigenvalue weighted by Crippen LogP contribution is -2.38. The lowest BCUT2D eigenvalue weighted by molar-refractivity contribution is -0.870. The number of halogens is 2. The number of nitriles is 1. The molecule has 0 aliphatic heterocycles. The van der Waals surface area contributed by atoms with E-state index in [4.69, 9.17) is 26.3 Å². The van der Waals surface area contributed by atoms with Crippen molar-refractivity contribution in [2.45, 2.75) is 13.3 Å². The predicted octanol–water partition coefficient (Wildman–Crippen LogP) is 4.85. The molecule has 2 N–H and O–H groups in total. The van der Waals surface area contributed by atoms with Gasteiger partial charge in [-0.2, -0.15) is 5.26 Å². The summed E-state index contributed by atoms with van der Waals surface area (Å²) in [4.78, 5) is 21.8. The number of aryl methyl sites for hydroxylation is 1. The summed E-state index contributed by atoms with van der Waals surface area (Å²) >= 11 is 6.33. The molecule has 0 radical (unpaired) electrons. The molecule has 1 amide bonds. The molecule has 4 rings (SSSR count). The van der Waals surface area contributed by atoms with Crippen LogP contribution in [-0.2, 0) is 11.2 Å². The van der Waals surface area contributed by atoms with Crippen molar-refractivity contribution in [3.8, 4) is 23.1 Å². The monoisotopic (exact) mass is 594 g/mol. The molecule has 2 heterocycles. The Kier molecular flexibility index (Phi) is 9.96. The molecule has 0 aliphatic rings. The van der Waals surface area contributed by atoms with Gasteiger partial charge in [0.25, 0.3) is 5.91 Å². The van der Waals surface area contributed by atoms with Crippen molar-refractivity contribution in [3.63, 3.8) is 0 Å². The zero-order chi connectivity index (χ0) is 30.3. The first-order valence-electron chi connectivity index (χ1n) is 13.5. The maximum atomic E-state index is 14.8. The highest BCUT2D eigenvalue weighted by molar-refractivity contribution is 6.33. The number of rotatable bonds is 13. The minimum absolute atomic E-state index is 0.101. The first-order chi connectivity index (χ1) is 20.1. The van der Waals surface area contributed by atoms with Crippen molar-refractivity contribution in [1.82, 2.24) is 19.7 Å². The van der Waals surface area contributed by atoms with Crippen LogP contribution in [0.2, 0.25) is 5.02 Å². The maximum absolute atomic E-state index is 14.8. The van der Waals surface area contributed by atoms with Gasteiger partial charge in [-0.1, -0.05) is 18.5 Å². The van der Waals surface area contributed by atoms with Crippen LogP contribution in [0.25, 0.3) is 16.9 Å². The van der Waals surface area contributed by atoms with Crippen molar-refractivity contribution in [1.29, 1.82) is 5.26 Å². The van der Waals surface area contributed by atoms with E-state index in [-0.39, 0.29) is 23.3 Å². The number of anilines is 2. The van der Waals surface area contributed by atoms with Gasteiger partial charge < -0.3 is 24.6 Å². The summed E-state index contributed by atoms with van der Waals surface area (Å²) in [6.45, 7) is 4.10. The summed E-state index contributed by atoms with van der Waals surface area (Å²) in [5.74, 6) is -0.536. The standard InChI is InChI=1S/C30H33ClFN7O3/c1-5-20-18-21(6-7-22(20)30(40)35-12-16-41-17-14-39(2,3)4)37-28-29-36-19-24(38(29)13-11-34-28)23-8-9-25(42-15-10-33)27(32)26(23)31/h6-9,11,13,18-19H,5,12,14-17H2,1-4H3,(H-,34,35,37,40)/p+1. The molecule has 0 aliphatic carbocycles. The molecule has 0 saturated heterocycles. The zero-order valence-corrected chi connectivity index (χ0v) is 24.8. The predicted molar refractivity (Wildman–Crippen MR) is 160 cm³/mol. The molecule has 0 spiro atoms. The third-order valence-corrected chi connectivity index (χ3v) is 6.84. The number of carbonyl (C=O) groups is 1. The van der Waals surface area contributed by atoms with Gasteiger partial charge in [-0.3, -0.25) is 9.20 Å². The molecule has 12 heteroatoms. The number of hydrogen-bond acceptors (Lipinski definition) is 7. The van der Waals surface area contributed by atoms with E-state index in [9.17, 15) is 9.18 Å². The third-order valence-electron chi connectivity index (χ3n) is 6.47. The normalized spacial score (nSPS) is 11.4. The number of hydrogen-bond donors (Lipinski definition) is 2. The molecule has 220 valence electrons. The summed E-state index contributed by atoms with van der Waals surface area (Å²) in [6, 6.07) is 10.4. The SMILES string of the molecule is CCc1cc(Nc2nccn3c(-c4ccc(OCC#N)c(F)c4Cl)cnc23)ccc1C(=O)NCCOCC[N+](C)(C)C. The summed E-state index contributed by atoms with van der Waals surface area (Å²) in [7, 11) is 6.31. The first kappa shape index (κ1) is 30.7. The van der Waals surface area contributed by atoms with E-state index < -0.39 is 5.82 Å². The number of imidazole rings is 1. The Hall–Kier alpha value is -4.24. The lowest BCUT2D eigenvalue weighted by atomic mass is 10.0. The molecule has 2 aromatic heterocycles. The average Bonchev–Trinajstić information content (AvgIpc) is 3.40. The van der Waals surface area contributed by atoms with Crippen molar-refractivity contribution in [2.75, 3.05) is 59.4 Å². The van der Waals surface area contributed by atoms with Gasteiger partial charge in [0.1, 0.15) is 12.6 Å². The van der Waals surface area contributed by atoms with Gasteiger partial charge in [0.15, 0.2) is 29.6 Å². The van der Waals surface area contributed by atoms with Gasteiger partial charge >= 0.3 is 0 Å². The molecule has 0 atom stereocenters. The fourth-order valence-electron chi connectivity index (χ4n) is 4.25. The molecule has 4 aromatic rings. The number of ether oxygens (including phenoxy) is 2. The van der Waals surface area contributed by atoms with E-state index in [2.05, 4.69) is 41.7 Å². The number of fused-ring (bicyclic) bond motifs is 1. The Morgan fingerprint density at radius 3 is 2.74 bits per heavy atom. The van der Waals surface area contributed by atoms with Crippen LogP contribution in [0.3, 0.4) is 0 Å². The van der Waals surface area contributed by atoms with E-state index >= 15 is 0 Å². The van der Waals surface area contributed by atoms with Crippen molar-refractivity contribution in [2.24, 2.45) is 0 Å². The summed E-state index contributed by atoms with van der Waals surface area (Å²) in [6.07, 6.45) is 5.53. The number of benzene rings is 2. The van der Waals surface area contributed by atoms with E-state index in [0.29, 0.717) is 54.5 Å². The number of likely N-dealkylation sites (N-methyl/N-ethyl adjacent to an activating group) is 1.